The van der Waals surface area contributed by atoms with Crippen LogP contribution in [0.1, 0.15) is 45.2 Å². The van der Waals surface area contributed by atoms with Crippen molar-refractivity contribution in [2.45, 2.75) is 57.8 Å². The van der Waals surface area contributed by atoms with Gasteiger partial charge in [0.15, 0.2) is 11.6 Å². The average Bonchev–Trinajstić information content (AvgIpc) is 3.16. The quantitative estimate of drug-likeness (QED) is 0.784. The monoisotopic (exact) mass is 352 g/mol. The Balaban J connectivity index is 1.70. The number of hydrazine groups is 1. The van der Waals surface area contributed by atoms with Crippen molar-refractivity contribution < 1.29 is 13.6 Å². The number of benzene rings is 1. The molecule has 0 saturated carbocycles. The minimum absolute atomic E-state index is 0.136. The average molecular weight is 352 g/mol. The highest BCUT2D eigenvalue weighted by Crippen LogP contribution is 2.31. The van der Waals surface area contributed by atoms with Crippen LogP contribution in [0, 0.1) is 17.6 Å². The predicted molar refractivity (Wildman–Crippen MR) is 91.7 cm³/mol. The number of halogens is 2. The van der Waals surface area contributed by atoms with Crippen LogP contribution in [0.25, 0.3) is 0 Å². The number of rotatable bonds is 3. The van der Waals surface area contributed by atoms with Gasteiger partial charge in [-0.25, -0.2) is 13.6 Å². The molecule has 4 unspecified atom stereocenters. The number of carbonyl (C=O) groups excluding carboxylic acids is 1. The molecule has 0 aliphatic carbocycles. The number of hydrogen-bond acceptors (Lipinski definition) is 3. The molecule has 0 spiro atoms. The minimum atomic E-state index is -0.903. The first-order valence-electron chi connectivity index (χ1n) is 8.92. The first-order chi connectivity index (χ1) is 11.9. The van der Waals surface area contributed by atoms with E-state index in [1.54, 1.807) is 6.92 Å². The van der Waals surface area contributed by atoms with Crippen molar-refractivity contribution in [1.82, 2.24) is 21.1 Å². The van der Waals surface area contributed by atoms with E-state index in [-0.39, 0.29) is 29.7 Å². The summed E-state index contributed by atoms with van der Waals surface area (Å²) in [5, 5.41) is 2.83. The van der Waals surface area contributed by atoms with E-state index in [0.29, 0.717) is 12.5 Å². The summed E-state index contributed by atoms with van der Waals surface area (Å²) in [6, 6.07) is 3.89. The van der Waals surface area contributed by atoms with E-state index in [0.717, 1.165) is 18.9 Å². The molecule has 2 fully saturated rings. The molecule has 4 atom stereocenters. The second kappa shape index (κ2) is 7.25. The molecule has 138 valence electrons. The highest BCUT2D eigenvalue weighted by Gasteiger charge is 2.42. The van der Waals surface area contributed by atoms with E-state index in [1.807, 2.05) is 4.90 Å². The van der Waals surface area contributed by atoms with E-state index in [4.69, 9.17) is 0 Å². The Morgan fingerprint density at radius 1 is 1.28 bits per heavy atom. The summed E-state index contributed by atoms with van der Waals surface area (Å²) >= 11 is 0. The number of hydrogen-bond donors (Lipinski definition) is 3. The van der Waals surface area contributed by atoms with Gasteiger partial charge in [0.05, 0.1) is 6.04 Å². The number of amides is 2. The third-order valence-corrected chi connectivity index (χ3v) is 5.49. The van der Waals surface area contributed by atoms with Gasteiger partial charge < -0.3 is 10.2 Å². The maximum Gasteiger partial charge on any atom is 0.318 e. The van der Waals surface area contributed by atoms with Crippen LogP contribution in [-0.2, 0) is 0 Å². The number of nitrogens with one attached hydrogen (secondary N) is 3. The molecule has 0 radical (unpaired) electrons. The molecule has 3 N–H and O–H groups in total. The van der Waals surface area contributed by atoms with Crippen molar-refractivity contribution in [3.05, 3.63) is 35.4 Å². The fourth-order valence-electron chi connectivity index (χ4n) is 4.20. The number of nitrogens with zero attached hydrogens (tertiary/aromatic N) is 1. The summed E-state index contributed by atoms with van der Waals surface area (Å²) < 4.78 is 27.4. The summed E-state index contributed by atoms with van der Waals surface area (Å²) in [6.45, 7) is 6.58. The van der Waals surface area contributed by atoms with Gasteiger partial charge in [-0.15, -0.1) is 0 Å². The summed E-state index contributed by atoms with van der Waals surface area (Å²) in [6.07, 6.45) is 1.91. The van der Waals surface area contributed by atoms with E-state index in [2.05, 4.69) is 30.0 Å². The predicted octanol–water partition coefficient (Wildman–Crippen LogP) is 2.70. The van der Waals surface area contributed by atoms with Crippen LogP contribution in [0.4, 0.5) is 13.6 Å². The van der Waals surface area contributed by atoms with Crippen LogP contribution < -0.4 is 16.2 Å². The van der Waals surface area contributed by atoms with E-state index >= 15 is 0 Å². The zero-order chi connectivity index (χ0) is 18.1. The third-order valence-electron chi connectivity index (χ3n) is 5.49. The summed E-state index contributed by atoms with van der Waals surface area (Å²) in [5.41, 5.74) is 6.63. The maximum atomic E-state index is 13.9. The molecule has 2 heterocycles. The number of likely N-dealkylation sites (tertiary alicyclic amines) is 1. The highest BCUT2D eigenvalue weighted by atomic mass is 19.2. The molecular formula is C18H26F2N4O. The summed E-state index contributed by atoms with van der Waals surface area (Å²) in [5.74, 6) is -1.49. The Morgan fingerprint density at radius 3 is 2.64 bits per heavy atom. The SMILES string of the molecule is CC(NC(=O)N1CCCC1C1C(C)NNC1C)c1cccc(F)c1F. The zero-order valence-corrected chi connectivity index (χ0v) is 14.9. The highest BCUT2D eigenvalue weighted by molar-refractivity contribution is 5.75. The van der Waals surface area contributed by atoms with Crippen LogP contribution in [0.5, 0.6) is 0 Å². The van der Waals surface area contributed by atoms with Gasteiger partial charge in [0.1, 0.15) is 0 Å². The van der Waals surface area contributed by atoms with Crippen molar-refractivity contribution in [2.24, 2.45) is 5.92 Å². The first kappa shape index (κ1) is 18.1. The van der Waals surface area contributed by atoms with Crippen LogP contribution in [0.2, 0.25) is 0 Å². The van der Waals surface area contributed by atoms with Crippen molar-refractivity contribution in [1.29, 1.82) is 0 Å². The Hall–Kier alpha value is -1.73. The fraction of sp³-hybridized carbons (Fsp3) is 0.611. The molecule has 0 bridgehead atoms. The Kier molecular flexibility index (Phi) is 5.24. The van der Waals surface area contributed by atoms with Gasteiger partial charge in [-0.1, -0.05) is 12.1 Å². The standard InChI is InChI=1S/C18H26F2N4O/c1-10(13-6-4-7-14(19)17(13)20)21-18(25)24-9-5-8-15(24)16-11(2)22-23-12(16)3/h4,6-7,10-12,15-16,22-23H,5,8-9H2,1-3H3,(H,21,25). The molecule has 0 aromatic heterocycles. The lowest BCUT2D eigenvalue weighted by Gasteiger charge is -2.33. The van der Waals surface area contributed by atoms with Gasteiger partial charge in [-0.2, -0.15) is 0 Å². The lowest BCUT2D eigenvalue weighted by atomic mass is 9.87. The Bertz CT molecular complexity index is 632. The van der Waals surface area contributed by atoms with Crippen molar-refractivity contribution >= 4 is 6.03 Å². The van der Waals surface area contributed by atoms with Crippen molar-refractivity contribution in [2.75, 3.05) is 6.54 Å². The van der Waals surface area contributed by atoms with Gasteiger partial charge in [0.25, 0.3) is 0 Å². The lowest BCUT2D eigenvalue weighted by molar-refractivity contribution is 0.162. The van der Waals surface area contributed by atoms with Gasteiger partial charge in [0.2, 0.25) is 0 Å². The van der Waals surface area contributed by atoms with Crippen LogP contribution in [0.3, 0.4) is 0 Å². The van der Waals surface area contributed by atoms with Crippen molar-refractivity contribution in [3.8, 4) is 0 Å². The fourth-order valence-corrected chi connectivity index (χ4v) is 4.20. The normalized spacial score (nSPS) is 30.5. The molecule has 3 rings (SSSR count). The second-order valence-corrected chi connectivity index (χ2v) is 7.16. The van der Waals surface area contributed by atoms with E-state index in [1.165, 1.54) is 12.1 Å². The van der Waals surface area contributed by atoms with Gasteiger partial charge in [-0.05, 0) is 39.7 Å². The molecule has 5 nitrogen and oxygen atoms in total. The molecule has 1 aromatic carbocycles. The lowest BCUT2D eigenvalue weighted by Crippen LogP contribution is -2.50. The summed E-state index contributed by atoms with van der Waals surface area (Å²) in [4.78, 5) is 14.6. The first-order valence-corrected chi connectivity index (χ1v) is 8.92. The molecule has 2 aliphatic heterocycles. The molecule has 2 saturated heterocycles. The Morgan fingerprint density at radius 2 is 1.96 bits per heavy atom. The van der Waals surface area contributed by atoms with Crippen LogP contribution in [0.15, 0.2) is 18.2 Å². The van der Waals surface area contributed by atoms with Crippen LogP contribution in [-0.4, -0.2) is 35.6 Å². The zero-order valence-electron chi connectivity index (χ0n) is 14.9. The molecular weight excluding hydrogens is 326 g/mol. The molecule has 7 heteroatoms. The Labute approximate surface area is 147 Å². The minimum Gasteiger partial charge on any atom is -0.331 e. The van der Waals surface area contributed by atoms with E-state index < -0.39 is 17.7 Å². The third kappa shape index (κ3) is 3.48. The van der Waals surface area contributed by atoms with E-state index in [9.17, 15) is 13.6 Å². The number of urea groups is 1. The molecule has 1 aromatic rings. The largest absolute Gasteiger partial charge is 0.331 e. The molecule has 2 aliphatic rings. The molecule has 25 heavy (non-hydrogen) atoms. The topological polar surface area (TPSA) is 56.4 Å². The summed E-state index contributed by atoms with van der Waals surface area (Å²) in [7, 11) is 0. The van der Waals surface area contributed by atoms with Gasteiger partial charge >= 0.3 is 6.03 Å². The number of carbonyl (C=O) groups is 1. The van der Waals surface area contributed by atoms with Crippen molar-refractivity contribution in [3.63, 3.8) is 0 Å². The van der Waals surface area contributed by atoms with Crippen LogP contribution >= 0.6 is 0 Å². The maximum absolute atomic E-state index is 13.9. The smallest absolute Gasteiger partial charge is 0.318 e. The molecule has 2 amide bonds. The van der Waals surface area contributed by atoms with Gasteiger partial charge in [-0.3, -0.25) is 10.9 Å². The van der Waals surface area contributed by atoms with Gasteiger partial charge in [0, 0.05) is 36.2 Å². The second-order valence-electron chi connectivity index (χ2n) is 7.16.